The molecule has 0 amide bonds. The van der Waals surface area contributed by atoms with E-state index in [1.807, 2.05) is 0 Å². The van der Waals surface area contributed by atoms with Gasteiger partial charge in [-0.1, -0.05) is 0 Å². The van der Waals surface area contributed by atoms with Crippen molar-refractivity contribution in [3.05, 3.63) is 0 Å². The molecule has 1 spiro atoms. The fourth-order valence-corrected chi connectivity index (χ4v) is 3.04. The van der Waals surface area contributed by atoms with Gasteiger partial charge in [0.15, 0.2) is 0 Å². The molecule has 128 valence electrons. The van der Waals surface area contributed by atoms with E-state index >= 15 is 0 Å². The third kappa shape index (κ3) is 2.27. The van der Waals surface area contributed by atoms with Gasteiger partial charge in [-0.25, -0.2) is 0 Å². The van der Waals surface area contributed by atoms with Gasteiger partial charge in [0.1, 0.15) is 49.8 Å². The molecule has 10 nitrogen and oxygen atoms in total. The van der Waals surface area contributed by atoms with Crippen LogP contribution in [0.2, 0.25) is 0 Å². The maximum Gasteiger partial charge on any atom is 0.224 e. The SMILES string of the molecule is OC[C@H]1OC[C@]2(O[C@H]3[C@H](O)[C@@H](CO)OC[C@@]3(O)O2)[C@@H](O)[C@@H]1O. The molecule has 0 saturated carbocycles. The van der Waals surface area contributed by atoms with E-state index in [2.05, 4.69) is 0 Å². The van der Waals surface area contributed by atoms with Gasteiger partial charge in [0, 0.05) is 0 Å². The Balaban J connectivity index is 1.83. The lowest BCUT2D eigenvalue weighted by Crippen LogP contribution is -2.63. The Morgan fingerprint density at radius 3 is 2.14 bits per heavy atom. The average molecular weight is 324 g/mol. The standard InChI is InChI=1S/C12H20O10/c13-1-5-7(15)9(17)12(4-20-5)21-10-8(16)6(2-14)19-3-11(10,18)22-12/h5-10,13-18H,1-4H2/t5-,6-,7-,8-,9+,10+,11-,12-/m1/s1. The summed E-state index contributed by atoms with van der Waals surface area (Å²) in [5, 5.41) is 58.9. The highest BCUT2D eigenvalue weighted by Crippen LogP contribution is 2.45. The number of hydrogen-bond acceptors (Lipinski definition) is 10. The molecule has 0 bridgehead atoms. The number of rotatable bonds is 2. The molecule has 0 aromatic carbocycles. The smallest absolute Gasteiger partial charge is 0.224 e. The lowest BCUT2D eigenvalue weighted by atomic mass is 9.97. The zero-order chi connectivity index (χ0) is 16.1. The molecular formula is C12H20O10. The molecule has 0 aromatic rings. The van der Waals surface area contributed by atoms with E-state index in [1.54, 1.807) is 0 Å². The second-order valence-corrected chi connectivity index (χ2v) is 5.79. The minimum atomic E-state index is -2.05. The van der Waals surface area contributed by atoms with Crippen LogP contribution in [0, 0.1) is 0 Å². The third-order valence-corrected chi connectivity index (χ3v) is 4.33. The van der Waals surface area contributed by atoms with Crippen LogP contribution in [0.1, 0.15) is 0 Å². The maximum atomic E-state index is 10.4. The Hall–Kier alpha value is -0.400. The Kier molecular flexibility index (Phi) is 4.19. The summed E-state index contributed by atoms with van der Waals surface area (Å²) in [5.41, 5.74) is 0. The zero-order valence-electron chi connectivity index (χ0n) is 11.6. The summed E-state index contributed by atoms with van der Waals surface area (Å²) < 4.78 is 21.2. The second kappa shape index (κ2) is 5.60. The fraction of sp³-hybridized carbons (Fsp3) is 1.00. The van der Waals surface area contributed by atoms with Crippen LogP contribution in [0.15, 0.2) is 0 Å². The lowest BCUT2D eigenvalue weighted by molar-refractivity contribution is -0.349. The predicted molar refractivity (Wildman–Crippen MR) is 65.3 cm³/mol. The molecular weight excluding hydrogens is 304 g/mol. The summed E-state index contributed by atoms with van der Waals surface area (Å²) in [5.74, 6) is -3.96. The van der Waals surface area contributed by atoms with Gasteiger partial charge in [-0.05, 0) is 0 Å². The second-order valence-electron chi connectivity index (χ2n) is 5.79. The van der Waals surface area contributed by atoms with Crippen molar-refractivity contribution in [2.45, 2.75) is 48.2 Å². The maximum absolute atomic E-state index is 10.4. The minimum Gasteiger partial charge on any atom is -0.394 e. The fourth-order valence-electron chi connectivity index (χ4n) is 3.04. The van der Waals surface area contributed by atoms with E-state index in [9.17, 15) is 20.4 Å². The molecule has 3 saturated heterocycles. The molecule has 0 radical (unpaired) electrons. The Labute approximate surface area is 125 Å². The van der Waals surface area contributed by atoms with Gasteiger partial charge in [0.05, 0.1) is 13.2 Å². The Morgan fingerprint density at radius 2 is 1.50 bits per heavy atom. The van der Waals surface area contributed by atoms with E-state index in [4.69, 9.17) is 29.2 Å². The van der Waals surface area contributed by atoms with Crippen LogP contribution >= 0.6 is 0 Å². The molecule has 0 aliphatic carbocycles. The van der Waals surface area contributed by atoms with Crippen LogP contribution in [-0.2, 0) is 18.9 Å². The molecule has 10 heteroatoms. The van der Waals surface area contributed by atoms with Gasteiger partial charge in [0.25, 0.3) is 0 Å². The first kappa shape index (κ1) is 16.5. The summed E-state index contributed by atoms with van der Waals surface area (Å²) in [7, 11) is 0. The van der Waals surface area contributed by atoms with E-state index < -0.39 is 68.0 Å². The summed E-state index contributed by atoms with van der Waals surface area (Å²) in [6.45, 7) is -1.77. The number of fused-ring (bicyclic) bond motifs is 1. The zero-order valence-corrected chi connectivity index (χ0v) is 11.6. The van der Waals surface area contributed by atoms with Crippen molar-refractivity contribution >= 4 is 0 Å². The van der Waals surface area contributed by atoms with Gasteiger partial charge < -0.3 is 49.6 Å². The number of ether oxygens (including phenoxy) is 4. The summed E-state index contributed by atoms with van der Waals surface area (Å²) in [6.07, 6.45) is -7.81. The van der Waals surface area contributed by atoms with Gasteiger partial charge in [-0.3, -0.25) is 0 Å². The van der Waals surface area contributed by atoms with Crippen molar-refractivity contribution in [2.24, 2.45) is 0 Å². The molecule has 8 atom stereocenters. The largest absolute Gasteiger partial charge is 0.394 e. The lowest BCUT2D eigenvalue weighted by Gasteiger charge is -2.42. The highest BCUT2D eigenvalue weighted by Gasteiger charge is 2.67. The van der Waals surface area contributed by atoms with Crippen molar-refractivity contribution < 1.29 is 49.6 Å². The van der Waals surface area contributed by atoms with Crippen LogP contribution < -0.4 is 0 Å². The number of hydrogen-bond donors (Lipinski definition) is 6. The summed E-state index contributed by atoms with van der Waals surface area (Å²) in [4.78, 5) is 0. The van der Waals surface area contributed by atoms with Crippen molar-refractivity contribution in [2.75, 3.05) is 26.4 Å². The normalized spacial score (nSPS) is 55.4. The van der Waals surface area contributed by atoms with Crippen molar-refractivity contribution in [1.82, 2.24) is 0 Å². The summed E-state index contributed by atoms with van der Waals surface area (Å²) >= 11 is 0. The monoisotopic (exact) mass is 324 g/mol. The van der Waals surface area contributed by atoms with Crippen molar-refractivity contribution in [3.8, 4) is 0 Å². The van der Waals surface area contributed by atoms with Gasteiger partial charge in [-0.15, -0.1) is 0 Å². The Bertz CT molecular complexity index is 421. The van der Waals surface area contributed by atoms with E-state index in [0.717, 1.165) is 0 Å². The molecule has 0 aromatic heterocycles. The molecule has 3 aliphatic heterocycles. The van der Waals surface area contributed by atoms with Crippen LogP contribution in [-0.4, -0.2) is 105 Å². The van der Waals surface area contributed by atoms with Crippen molar-refractivity contribution in [1.29, 1.82) is 0 Å². The highest BCUT2D eigenvalue weighted by atomic mass is 16.8. The molecule has 6 N–H and O–H groups in total. The van der Waals surface area contributed by atoms with Crippen LogP contribution in [0.25, 0.3) is 0 Å². The molecule has 3 aliphatic rings. The first-order chi connectivity index (χ1) is 10.4. The number of aliphatic hydroxyl groups is 6. The van der Waals surface area contributed by atoms with E-state index in [-0.39, 0.29) is 6.61 Å². The van der Waals surface area contributed by atoms with E-state index in [1.165, 1.54) is 0 Å². The molecule has 3 heterocycles. The van der Waals surface area contributed by atoms with Crippen molar-refractivity contribution in [3.63, 3.8) is 0 Å². The predicted octanol–water partition coefficient (Wildman–Crippen LogP) is -4.35. The first-order valence-electron chi connectivity index (χ1n) is 6.96. The highest BCUT2D eigenvalue weighted by molar-refractivity contribution is 5.05. The van der Waals surface area contributed by atoms with Crippen LogP contribution in [0.4, 0.5) is 0 Å². The van der Waals surface area contributed by atoms with E-state index in [0.29, 0.717) is 0 Å². The molecule has 22 heavy (non-hydrogen) atoms. The van der Waals surface area contributed by atoms with Crippen LogP contribution in [0.5, 0.6) is 0 Å². The minimum absolute atomic E-state index is 0.369. The molecule has 3 rings (SSSR count). The third-order valence-electron chi connectivity index (χ3n) is 4.33. The quantitative estimate of drug-likeness (QED) is 0.293. The Morgan fingerprint density at radius 1 is 0.909 bits per heavy atom. The summed E-state index contributed by atoms with van der Waals surface area (Å²) in [6, 6.07) is 0. The number of aliphatic hydroxyl groups excluding tert-OH is 5. The van der Waals surface area contributed by atoms with Crippen LogP contribution in [0.3, 0.4) is 0 Å². The average Bonchev–Trinajstić information content (AvgIpc) is 2.81. The first-order valence-corrected chi connectivity index (χ1v) is 6.96. The van der Waals surface area contributed by atoms with Gasteiger partial charge in [0.2, 0.25) is 11.6 Å². The molecule has 0 unspecified atom stereocenters. The van der Waals surface area contributed by atoms with Gasteiger partial charge in [-0.2, -0.15) is 0 Å². The molecule has 3 fully saturated rings. The van der Waals surface area contributed by atoms with Gasteiger partial charge >= 0.3 is 0 Å². The topological polar surface area (TPSA) is 158 Å².